The van der Waals surface area contributed by atoms with Crippen molar-refractivity contribution in [1.29, 1.82) is 0 Å². The molecule has 0 spiro atoms. The Balaban J connectivity index is 1.57. The molecule has 1 saturated heterocycles. The fourth-order valence-corrected chi connectivity index (χ4v) is 4.36. The zero-order valence-electron chi connectivity index (χ0n) is 14.7. The molecule has 0 aliphatic carbocycles. The van der Waals surface area contributed by atoms with Crippen LogP contribution < -0.4 is 5.32 Å². The number of carbonyl (C=O) groups excluding carboxylic acids is 2. The smallest absolute Gasteiger partial charge is 0.256 e. The van der Waals surface area contributed by atoms with Crippen LogP contribution in [0.25, 0.3) is 0 Å². The summed E-state index contributed by atoms with van der Waals surface area (Å²) in [5, 5.41) is 2.95. The number of piperazine rings is 1. The maximum absolute atomic E-state index is 12.9. The van der Waals surface area contributed by atoms with Crippen LogP contribution in [-0.2, 0) is 0 Å². The lowest BCUT2D eigenvalue weighted by Crippen LogP contribution is -2.48. The van der Waals surface area contributed by atoms with Gasteiger partial charge < -0.3 is 15.1 Å². The van der Waals surface area contributed by atoms with E-state index in [1.54, 1.807) is 17.8 Å². The lowest BCUT2D eigenvalue weighted by Gasteiger charge is -2.34. The van der Waals surface area contributed by atoms with Crippen molar-refractivity contribution >= 4 is 29.3 Å². The quantitative estimate of drug-likeness (QED) is 0.886. The van der Waals surface area contributed by atoms with Gasteiger partial charge in [0.2, 0.25) is 0 Å². The minimum atomic E-state index is -0.131. The van der Waals surface area contributed by atoms with Gasteiger partial charge in [-0.2, -0.15) is 0 Å². The van der Waals surface area contributed by atoms with Gasteiger partial charge in [-0.25, -0.2) is 0 Å². The van der Waals surface area contributed by atoms with Crippen LogP contribution in [0.3, 0.4) is 0 Å². The summed E-state index contributed by atoms with van der Waals surface area (Å²) in [7, 11) is 0. The van der Waals surface area contributed by atoms with Crippen molar-refractivity contribution in [3.63, 3.8) is 0 Å². The molecule has 0 unspecified atom stereocenters. The molecule has 1 N–H and O–H groups in total. The fraction of sp³-hybridized carbons (Fsp3) is 0.300. The number of carbonyl (C=O) groups is 2. The molecule has 2 heterocycles. The number of likely N-dealkylation sites (N-methyl/N-ethyl adjacent to an activating group) is 1. The third kappa shape index (κ3) is 3.22. The molecule has 1 fully saturated rings. The number of rotatable bonds is 2. The number of nitrogens with one attached hydrogen (secondary N) is 1. The predicted octanol–water partition coefficient (Wildman–Crippen LogP) is 3.18. The van der Waals surface area contributed by atoms with E-state index in [0.29, 0.717) is 16.8 Å². The Kier molecular flexibility index (Phi) is 4.70. The Hall–Kier alpha value is -2.31. The van der Waals surface area contributed by atoms with Crippen molar-refractivity contribution in [2.45, 2.75) is 16.7 Å². The molecule has 2 amide bonds. The Bertz CT molecular complexity index is 860. The van der Waals surface area contributed by atoms with E-state index in [9.17, 15) is 9.59 Å². The molecule has 0 atom stereocenters. The summed E-state index contributed by atoms with van der Waals surface area (Å²) in [4.78, 5) is 31.5. The number of amides is 2. The maximum Gasteiger partial charge on any atom is 0.256 e. The Morgan fingerprint density at radius 1 is 1.08 bits per heavy atom. The second kappa shape index (κ2) is 7.13. The number of benzene rings is 2. The van der Waals surface area contributed by atoms with Crippen LogP contribution in [0.5, 0.6) is 0 Å². The Labute approximate surface area is 157 Å². The van der Waals surface area contributed by atoms with Crippen LogP contribution in [0, 0.1) is 0 Å². The van der Waals surface area contributed by atoms with Gasteiger partial charge in [0.15, 0.2) is 0 Å². The molecule has 5 nitrogen and oxygen atoms in total. The lowest BCUT2D eigenvalue weighted by molar-refractivity contribution is 0.0643. The minimum Gasteiger partial charge on any atom is -0.336 e. The number of anilines is 1. The first-order chi connectivity index (χ1) is 12.7. The lowest BCUT2D eigenvalue weighted by atomic mass is 10.1. The van der Waals surface area contributed by atoms with Gasteiger partial charge in [-0.1, -0.05) is 30.8 Å². The average molecular weight is 367 g/mol. The topological polar surface area (TPSA) is 52.6 Å². The maximum atomic E-state index is 12.9. The van der Waals surface area contributed by atoms with Gasteiger partial charge in [-0.3, -0.25) is 9.59 Å². The van der Waals surface area contributed by atoms with Gasteiger partial charge in [0.05, 0.1) is 11.3 Å². The molecule has 2 aliphatic rings. The molecule has 2 aromatic rings. The number of hydrogen-bond donors (Lipinski definition) is 1. The van der Waals surface area contributed by atoms with Crippen molar-refractivity contribution in [2.24, 2.45) is 0 Å². The molecule has 2 aliphatic heterocycles. The monoisotopic (exact) mass is 367 g/mol. The van der Waals surface area contributed by atoms with E-state index >= 15 is 0 Å². The highest BCUT2D eigenvalue weighted by Gasteiger charge is 2.24. The molecule has 0 saturated carbocycles. The van der Waals surface area contributed by atoms with E-state index < -0.39 is 0 Å². The zero-order valence-corrected chi connectivity index (χ0v) is 15.5. The van der Waals surface area contributed by atoms with E-state index in [0.717, 1.165) is 42.5 Å². The summed E-state index contributed by atoms with van der Waals surface area (Å²) < 4.78 is 0. The summed E-state index contributed by atoms with van der Waals surface area (Å²) in [6, 6.07) is 13.2. The van der Waals surface area contributed by atoms with Crippen LogP contribution in [0.2, 0.25) is 0 Å². The van der Waals surface area contributed by atoms with Gasteiger partial charge in [-0.15, -0.1) is 0 Å². The largest absolute Gasteiger partial charge is 0.336 e. The van der Waals surface area contributed by atoms with Gasteiger partial charge in [0.25, 0.3) is 11.8 Å². The Morgan fingerprint density at radius 2 is 1.85 bits per heavy atom. The highest BCUT2D eigenvalue weighted by molar-refractivity contribution is 7.99. The van der Waals surface area contributed by atoms with Crippen molar-refractivity contribution in [3.05, 3.63) is 53.6 Å². The number of nitrogens with zero attached hydrogens (tertiary/aromatic N) is 2. The van der Waals surface area contributed by atoms with Gasteiger partial charge in [0, 0.05) is 41.5 Å². The van der Waals surface area contributed by atoms with E-state index in [2.05, 4.69) is 17.1 Å². The van der Waals surface area contributed by atoms with Crippen LogP contribution in [-0.4, -0.2) is 54.3 Å². The first kappa shape index (κ1) is 17.1. The molecule has 0 bridgehead atoms. The van der Waals surface area contributed by atoms with Gasteiger partial charge >= 0.3 is 0 Å². The van der Waals surface area contributed by atoms with Crippen LogP contribution >= 0.6 is 11.8 Å². The second-order valence-electron chi connectivity index (χ2n) is 6.49. The highest BCUT2D eigenvalue weighted by Crippen LogP contribution is 2.39. The zero-order chi connectivity index (χ0) is 18.1. The predicted molar refractivity (Wildman–Crippen MR) is 103 cm³/mol. The van der Waals surface area contributed by atoms with Crippen molar-refractivity contribution in [1.82, 2.24) is 9.80 Å². The SMILES string of the molecule is CCN1CCN(C(=O)c2ccc3c(c2)NC(=O)c2ccccc2S3)CC1. The third-order valence-electron chi connectivity index (χ3n) is 4.93. The first-order valence-corrected chi connectivity index (χ1v) is 9.71. The molecule has 2 aromatic carbocycles. The van der Waals surface area contributed by atoms with Crippen LogP contribution in [0.15, 0.2) is 52.3 Å². The average Bonchev–Trinajstić information content (AvgIpc) is 2.83. The van der Waals surface area contributed by atoms with E-state index in [4.69, 9.17) is 0 Å². The molecular formula is C20H21N3O2S. The molecular weight excluding hydrogens is 346 g/mol. The first-order valence-electron chi connectivity index (χ1n) is 8.89. The fourth-order valence-electron chi connectivity index (χ4n) is 3.35. The molecule has 0 radical (unpaired) electrons. The number of hydrogen-bond acceptors (Lipinski definition) is 4. The molecule has 26 heavy (non-hydrogen) atoms. The second-order valence-corrected chi connectivity index (χ2v) is 7.57. The van der Waals surface area contributed by atoms with Crippen molar-refractivity contribution in [2.75, 3.05) is 38.0 Å². The summed E-state index contributed by atoms with van der Waals surface area (Å²) in [5.74, 6) is -0.0995. The minimum absolute atomic E-state index is 0.0320. The van der Waals surface area contributed by atoms with Crippen LogP contribution in [0.1, 0.15) is 27.6 Å². The van der Waals surface area contributed by atoms with Crippen LogP contribution in [0.4, 0.5) is 5.69 Å². The van der Waals surface area contributed by atoms with Gasteiger partial charge in [0.1, 0.15) is 0 Å². The summed E-state index contributed by atoms with van der Waals surface area (Å²) in [5.41, 5.74) is 1.99. The molecule has 0 aromatic heterocycles. The van der Waals surface area contributed by atoms with E-state index in [1.165, 1.54) is 0 Å². The van der Waals surface area contributed by atoms with Crippen molar-refractivity contribution in [3.8, 4) is 0 Å². The summed E-state index contributed by atoms with van der Waals surface area (Å²) >= 11 is 1.55. The highest BCUT2D eigenvalue weighted by atomic mass is 32.2. The van der Waals surface area contributed by atoms with E-state index in [-0.39, 0.29) is 11.8 Å². The van der Waals surface area contributed by atoms with Gasteiger partial charge in [-0.05, 0) is 36.9 Å². The molecule has 4 rings (SSSR count). The summed E-state index contributed by atoms with van der Waals surface area (Å²) in [6.45, 7) is 6.48. The number of fused-ring (bicyclic) bond motifs is 2. The Morgan fingerprint density at radius 3 is 2.62 bits per heavy atom. The summed E-state index contributed by atoms with van der Waals surface area (Å²) in [6.07, 6.45) is 0. The third-order valence-corrected chi connectivity index (χ3v) is 6.08. The van der Waals surface area contributed by atoms with E-state index in [1.807, 2.05) is 41.3 Å². The standard InChI is InChI=1S/C20H21N3O2S/c1-2-22-9-11-23(12-10-22)20(25)14-7-8-18-16(13-14)21-19(24)15-5-3-4-6-17(15)26-18/h3-8,13H,2,9-12H2,1H3,(H,21,24). The normalized spacial score (nSPS) is 17.1. The van der Waals surface area contributed by atoms with Crippen molar-refractivity contribution < 1.29 is 9.59 Å². The molecule has 6 heteroatoms. The molecule has 134 valence electrons.